The SMILES string of the molecule is CC(C)(O)COc1ccc(C#N)cc1C(F)(F)F. The second-order valence-corrected chi connectivity index (χ2v) is 4.42. The summed E-state index contributed by atoms with van der Waals surface area (Å²) in [5.41, 5.74) is -2.36. The minimum Gasteiger partial charge on any atom is -0.490 e. The van der Waals surface area contributed by atoms with Crippen LogP contribution < -0.4 is 4.74 Å². The van der Waals surface area contributed by atoms with E-state index in [1.165, 1.54) is 19.9 Å². The van der Waals surface area contributed by atoms with Gasteiger partial charge in [-0.2, -0.15) is 18.4 Å². The van der Waals surface area contributed by atoms with E-state index in [9.17, 15) is 18.3 Å². The van der Waals surface area contributed by atoms with Gasteiger partial charge in [0.2, 0.25) is 0 Å². The molecule has 0 atom stereocenters. The quantitative estimate of drug-likeness (QED) is 0.908. The number of ether oxygens (including phenoxy) is 1. The highest BCUT2D eigenvalue weighted by molar-refractivity contribution is 5.43. The predicted molar refractivity (Wildman–Crippen MR) is 58.0 cm³/mol. The lowest BCUT2D eigenvalue weighted by Gasteiger charge is -2.20. The zero-order chi connectivity index (χ0) is 14.0. The third-order valence-corrected chi connectivity index (χ3v) is 1.99. The summed E-state index contributed by atoms with van der Waals surface area (Å²) >= 11 is 0. The normalized spacial score (nSPS) is 12.1. The number of hydrogen-bond acceptors (Lipinski definition) is 3. The highest BCUT2D eigenvalue weighted by Crippen LogP contribution is 2.37. The van der Waals surface area contributed by atoms with Crippen LogP contribution >= 0.6 is 0 Å². The van der Waals surface area contributed by atoms with Crippen LogP contribution in [0.1, 0.15) is 25.0 Å². The van der Waals surface area contributed by atoms with Crippen LogP contribution in [0.25, 0.3) is 0 Å². The molecule has 6 heteroatoms. The molecule has 0 saturated carbocycles. The smallest absolute Gasteiger partial charge is 0.420 e. The first-order valence-electron chi connectivity index (χ1n) is 5.10. The number of halogens is 3. The third kappa shape index (κ3) is 3.93. The summed E-state index contributed by atoms with van der Waals surface area (Å²) in [4.78, 5) is 0. The lowest BCUT2D eigenvalue weighted by atomic mass is 10.1. The minimum absolute atomic E-state index is 0.0991. The molecule has 1 rings (SSSR count). The average molecular weight is 259 g/mol. The molecule has 0 fully saturated rings. The van der Waals surface area contributed by atoms with Gasteiger partial charge in [0.25, 0.3) is 0 Å². The van der Waals surface area contributed by atoms with Crippen molar-refractivity contribution in [1.29, 1.82) is 5.26 Å². The summed E-state index contributed by atoms with van der Waals surface area (Å²) in [6, 6.07) is 4.66. The van der Waals surface area contributed by atoms with Crippen molar-refractivity contribution >= 4 is 0 Å². The zero-order valence-corrected chi connectivity index (χ0v) is 9.88. The fourth-order valence-corrected chi connectivity index (χ4v) is 1.20. The molecule has 0 heterocycles. The van der Waals surface area contributed by atoms with E-state index < -0.39 is 23.1 Å². The van der Waals surface area contributed by atoms with Crippen molar-refractivity contribution in [1.82, 2.24) is 0 Å². The van der Waals surface area contributed by atoms with Gasteiger partial charge in [-0.15, -0.1) is 0 Å². The van der Waals surface area contributed by atoms with Gasteiger partial charge in [0.1, 0.15) is 12.4 Å². The van der Waals surface area contributed by atoms with Gasteiger partial charge in [-0.3, -0.25) is 0 Å². The largest absolute Gasteiger partial charge is 0.490 e. The van der Waals surface area contributed by atoms with Crippen LogP contribution in [-0.2, 0) is 6.18 Å². The van der Waals surface area contributed by atoms with Gasteiger partial charge in [-0.1, -0.05) is 0 Å². The maximum absolute atomic E-state index is 12.7. The molecular formula is C12H12F3NO2. The Morgan fingerprint density at radius 1 is 1.33 bits per heavy atom. The van der Waals surface area contributed by atoms with Crippen molar-refractivity contribution in [2.45, 2.75) is 25.6 Å². The van der Waals surface area contributed by atoms with E-state index in [0.29, 0.717) is 0 Å². The van der Waals surface area contributed by atoms with Gasteiger partial charge < -0.3 is 9.84 Å². The monoisotopic (exact) mass is 259 g/mol. The molecule has 0 aromatic heterocycles. The first-order chi connectivity index (χ1) is 8.13. The first-order valence-corrected chi connectivity index (χ1v) is 5.10. The van der Waals surface area contributed by atoms with E-state index in [0.717, 1.165) is 12.1 Å². The molecule has 0 spiro atoms. The third-order valence-electron chi connectivity index (χ3n) is 1.99. The molecule has 0 amide bonds. The Labute approximate surface area is 102 Å². The Bertz CT molecular complexity index is 470. The van der Waals surface area contributed by atoms with E-state index in [4.69, 9.17) is 10.00 Å². The highest BCUT2D eigenvalue weighted by atomic mass is 19.4. The van der Waals surface area contributed by atoms with Crippen LogP contribution in [0.2, 0.25) is 0 Å². The van der Waals surface area contributed by atoms with Gasteiger partial charge in [0.05, 0.1) is 22.8 Å². The maximum Gasteiger partial charge on any atom is 0.420 e. The Hall–Kier alpha value is -1.74. The van der Waals surface area contributed by atoms with Gasteiger partial charge in [-0.05, 0) is 32.0 Å². The number of nitriles is 1. The summed E-state index contributed by atoms with van der Waals surface area (Å²) in [5, 5.41) is 18.0. The Balaban J connectivity index is 3.08. The molecular weight excluding hydrogens is 247 g/mol. The number of alkyl halides is 3. The molecule has 98 valence electrons. The fraction of sp³-hybridized carbons (Fsp3) is 0.417. The lowest BCUT2D eigenvalue weighted by molar-refractivity contribution is -0.139. The molecule has 18 heavy (non-hydrogen) atoms. The van der Waals surface area contributed by atoms with Crippen molar-refractivity contribution in [3.8, 4) is 11.8 Å². The lowest BCUT2D eigenvalue weighted by Crippen LogP contribution is -2.28. The molecule has 0 aliphatic carbocycles. The first kappa shape index (κ1) is 14.3. The van der Waals surface area contributed by atoms with E-state index >= 15 is 0 Å². The van der Waals surface area contributed by atoms with Crippen molar-refractivity contribution < 1.29 is 23.0 Å². The van der Waals surface area contributed by atoms with Gasteiger partial charge in [0, 0.05) is 0 Å². The summed E-state index contributed by atoms with van der Waals surface area (Å²) in [6.45, 7) is 2.57. The highest BCUT2D eigenvalue weighted by Gasteiger charge is 2.35. The van der Waals surface area contributed by atoms with Gasteiger partial charge >= 0.3 is 6.18 Å². The van der Waals surface area contributed by atoms with Crippen molar-refractivity contribution in [2.75, 3.05) is 6.61 Å². The number of benzene rings is 1. The molecule has 0 bridgehead atoms. The molecule has 1 N–H and O–H groups in total. The number of hydrogen-bond donors (Lipinski definition) is 1. The molecule has 1 aromatic carbocycles. The molecule has 0 aliphatic heterocycles. The Kier molecular flexibility index (Phi) is 3.87. The zero-order valence-electron chi connectivity index (χ0n) is 9.88. The van der Waals surface area contributed by atoms with Crippen LogP contribution in [-0.4, -0.2) is 17.3 Å². The Morgan fingerprint density at radius 3 is 2.39 bits per heavy atom. The summed E-state index contributed by atoms with van der Waals surface area (Å²) in [5.74, 6) is -0.399. The summed E-state index contributed by atoms with van der Waals surface area (Å²) < 4.78 is 43.1. The Morgan fingerprint density at radius 2 is 1.94 bits per heavy atom. The molecule has 0 aliphatic rings. The van der Waals surface area contributed by atoms with Crippen molar-refractivity contribution in [2.24, 2.45) is 0 Å². The van der Waals surface area contributed by atoms with Crippen LogP contribution in [0.15, 0.2) is 18.2 Å². The van der Waals surface area contributed by atoms with E-state index in [2.05, 4.69) is 0 Å². The van der Waals surface area contributed by atoms with E-state index in [1.807, 2.05) is 0 Å². The number of nitrogens with zero attached hydrogens (tertiary/aromatic N) is 1. The van der Waals surface area contributed by atoms with E-state index in [1.54, 1.807) is 6.07 Å². The van der Waals surface area contributed by atoms with Crippen LogP contribution in [0.4, 0.5) is 13.2 Å². The van der Waals surface area contributed by atoms with Gasteiger partial charge in [-0.25, -0.2) is 0 Å². The maximum atomic E-state index is 12.7. The molecule has 0 radical (unpaired) electrons. The number of rotatable bonds is 3. The van der Waals surface area contributed by atoms with Crippen LogP contribution in [0.5, 0.6) is 5.75 Å². The summed E-state index contributed by atoms with van der Waals surface area (Å²) in [6.07, 6.45) is -4.61. The predicted octanol–water partition coefficient (Wildman–Crippen LogP) is 2.73. The number of aliphatic hydroxyl groups is 1. The second kappa shape index (κ2) is 4.86. The molecule has 0 unspecified atom stereocenters. The molecule has 1 aromatic rings. The minimum atomic E-state index is -4.61. The standard InChI is InChI=1S/C12H12F3NO2/c1-11(2,17)7-18-10-4-3-8(6-16)5-9(10)12(13,14)15/h3-5,17H,7H2,1-2H3. The topological polar surface area (TPSA) is 53.2 Å². The summed E-state index contributed by atoms with van der Waals surface area (Å²) in [7, 11) is 0. The van der Waals surface area contributed by atoms with Gasteiger partial charge in [0.15, 0.2) is 0 Å². The van der Waals surface area contributed by atoms with E-state index in [-0.39, 0.29) is 12.2 Å². The average Bonchev–Trinajstić information content (AvgIpc) is 2.24. The second-order valence-electron chi connectivity index (χ2n) is 4.42. The van der Waals surface area contributed by atoms with Crippen LogP contribution in [0, 0.1) is 11.3 Å². The fourth-order valence-electron chi connectivity index (χ4n) is 1.20. The molecule has 0 saturated heterocycles. The van der Waals surface area contributed by atoms with Crippen molar-refractivity contribution in [3.05, 3.63) is 29.3 Å². The van der Waals surface area contributed by atoms with Crippen molar-refractivity contribution in [3.63, 3.8) is 0 Å². The molecule has 3 nitrogen and oxygen atoms in total. The van der Waals surface area contributed by atoms with Crippen LogP contribution in [0.3, 0.4) is 0 Å².